The van der Waals surface area contributed by atoms with Crippen molar-refractivity contribution in [3.05, 3.63) is 11.6 Å². The van der Waals surface area contributed by atoms with Gasteiger partial charge in [0.1, 0.15) is 6.10 Å². The predicted molar refractivity (Wildman–Crippen MR) is 94.0 cm³/mol. The van der Waals surface area contributed by atoms with Crippen LogP contribution in [0.2, 0.25) is 0 Å². The Hall–Kier alpha value is -0.380. The number of hydrogen-bond acceptors (Lipinski definition) is 3. The van der Waals surface area contributed by atoms with Crippen molar-refractivity contribution >= 4 is 0 Å². The van der Waals surface area contributed by atoms with Gasteiger partial charge in [0.25, 0.3) is 0 Å². The molecule has 0 aromatic heterocycles. The molecule has 0 aliphatic heterocycles. The summed E-state index contributed by atoms with van der Waals surface area (Å²) in [5.41, 5.74) is 0.870. The Balaban J connectivity index is 2.20. The van der Waals surface area contributed by atoms with Gasteiger partial charge in [0.15, 0.2) is 0 Å². The Morgan fingerprint density at radius 3 is 2.57 bits per heavy atom. The van der Waals surface area contributed by atoms with E-state index in [1.807, 2.05) is 0 Å². The first-order valence-electron chi connectivity index (χ1n) is 9.22. The zero-order chi connectivity index (χ0) is 17.5. The first-order chi connectivity index (χ1) is 10.5. The van der Waals surface area contributed by atoms with Crippen LogP contribution in [-0.2, 0) is 0 Å². The van der Waals surface area contributed by atoms with Crippen LogP contribution in [0.5, 0.6) is 0 Å². The number of allylic oxidation sites excluding steroid dienone is 2. The average Bonchev–Trinajstić information content (AvgIpc) is 2.44. The van der Waals surface area contributed by atoms with Gasteiger partial charge < -0.3 is 15.3 Å². The fraction of sp³-hybridized carbons (Fsp3) is 0.900. The van der Waals surface area contributed by atoms with Gasteiger partial charge in [-0.2, -0.15) is 0 Å². The lowest BCUT2D eigenvalue weighted by Gasteiger charge is -2.57. The summed E-state index contributed by atoms with van der Waals surface area (Å²) in [6, 6.07) is 0. The Morgan fingerprint density at radius 1 is 1.30 bits per heavy atom. The molecule has 3 nitrogen and oxygen atoms in total. The molecule has 0 aromatic carbocycles. The molecule has 0 radical (unpaired) electrons. The maximum atomic E-state index is 10.5. The van der Waals surface area contributed by atoms with Gasteiger partial charge >= 0.3 is 0 Å². The van der Waals surface area contributed by atoms with Gasteiger partial charge in [-0.15, -0.1) is 0 Å². The molecule has 0 saturated heterocycles. The summed E-state index contributed by atoms with van der Waals surface area (Å²) in [6.07, 6.45) is 7.72. The average molecular weight is 325 g/mol. The molecule has 0 bridgehead atoms. The summed E-state index contributed by atoms with van der Waals surface area (Å²) in [6.45, 7) is 10.7. The van der Waals surface area contributed by atoms with E-state index in [2.05, 4.69) is 33.8 Å². The molecule has 1 saturated carbocycles. The van der Waals surface area contributed by atoms with Crippen molar-refractivity contribution in [1.29, 1.82) is 0 Å². The summed E-state index contributed by atoms with van der Waals surface area (Å²) < 4.78 is 0. The predicted octanol–water partition coefficient (Wildman–Crippen LogP) is 3.67. The minimum absolute atomic E-state index is 0.279. The van der Waals surface area contributed by atoms with E-state index in [1.165, 1.54) is 31.3 Å². The molecule has 0 amide bonds. The minimum atomic E-state index is -1.22. The van der Waals surface area contributed by atoms with E-state index in [0.717, 1.165) is 6.42 Å². The van der Waals surface area contributed by atoms with Crippen LogP contribution in [0.1, 0.15) is 73.1 Å². The van der Waals surface area contributed by atoms with Gasteiger partial charge in [-0.25, -0.2) is 0 Å². The maximum Gasteiger partial charge on any atom is 0.105 e. The van der Waals surface area contributed by atoms with Crippen LogP contribution in [0.4, 0.5) is 0 Å². The molecular formula is C20H36O3. The molecule has 3 N–H and O–H groups in total. The van der Waals surface area contributed by atoms with Crippen LogP contribution < -0.4 is 0 Å². The van der Waals surface area contributed by atoms with Crippen molar-refractivity contribution in [1.82, 2.24) is 0 Å². The fourth-order valence-corrected chi connectivity index (χ4v) is 5.49. The smallest absolute Gasteiger partial charge is 0.105 e. The molecule has 3 heteroatoms. The van der Waals surface area contributed by atoms with Crippen molar-refractivity contribution in [3.63, 3.8) is 0 Å². The first-order valence-corrected chi connectivity index (χ1v) is 9.22. The highest BCUT2D eigenvalue weighted by molar-refractivity contribution is 5.18. The van der Waals surface area contributed by atoms with Gasteiger partial charge in [0.05, 0.1) is 12.2 Å². The van der Waals surface area contributed by atoms with E-state index in [9.17, 15) is 10.2 Å². The molecular weight excluding hydrogens is 288 g/mol. The Bertz CT molecular complexity index is 452. The maximum absolute atomic E-state index is 10.5. The second-order valence-electron chi connectivity index (χ2n) is 9.23. The highest BCUT2D eigenvalue weighted by atomic mass is 16.4. The standard InChI is InChI=1S/C20H36O3/c1-14-7-8-16-18(2,3)10-6-11-19(16,4)15(14)9-12-20(5,23)17(22)13-21/h7,15-17,21-23H,6,8-13H2,1-5H3. The largest absolute Gasteiger partial charge is 0.394 e. The summed E-state index contributed by atoms with van der Waals surface area (Å²) >= 11 is 0. The van der Waals surface area contributed by atoms with Crippen molar-refractivity contribution in [2.24, 2.45) is 22.7 Å². The normalized spacial score (nSPS) is 37.5. The van der Waals surface area contributed by atoms with E-state index in [0.29, 0.717) is 23.7 Å². The fourth-order valence-electron chi connectivity index (χ4n) is 5.49. The van der Waals surface area contributed by atoms with Gasteiger partial charge in [-0.05, 0) is 68.6 Å². The van der Waals surface area contributed by atoms with Crippen LogP contribution in [0.3, 0.4) is 0 Å². The third kappa shape index (κ3) is 3.52. The van der Waals surface area contributed by atoms with Crippen LogP contribution in [-0.4, -0.2) is 33.6 Å². The molecule has 1 fully saturated rings. The van der Waals surface area contributed by atoms with E-state index < -0.39 is 11.7 Å². The molecule has 2 aliphatic rings. The van der Waals surface area contributed by atoms with E-state index in [-0.39, 0.29) is 12.0 Å². The first kappa shape index (κ1) is 19.0. The third-order valence-corrected chi connectivity index (χ3v) is 7.13. The number of rotatable bonds is 5. The zero-order valence-electron chi connectivity index (χ0n) is 15.6. The summed E-state index contributed by atoms with van der Waals surface area (Å²) in [5.74, 6) is 1.14. The van der Waals surface area contributed by atoms with Gasteiger partial charge in [-0.1, -0.05) is 38.8 Å². The van der Waals surface area contributed by atoms with E-state index in [1.54, 1.807) is 6.92 Å². The lowest BCUT2D eigenvalue weighted by Crippen LogP contribution is -2.49. The summed E-state index contributed by atoms with van der Waals surface area (Å²) in [4.78, 5) is 0. The lowest BCUT2D eigenvalue weighted by molar-refractivity contribution is -0.0971. The number of aliphatic hydroxyl groups is 3. The Kier molecular flexibility index (Phi) is 5.35. The lowest BCUT2D eigenvalue weighted by atomic mass is 9.48. The van der Waals surface area contributed by atoms with Gasteiger partial charge in [0.2, 0.25) is 0 Å². The second kappa shape index (κ2) is 6.50. The molecule has 2 aliphatic carbocycles. The Morgan fingerprint density at radius 2 is 1.96 bits per heavy atom. The molecule has 134 valence electrons. The molecule has 0 heterocycles. The second-order valence-corrected chi connectivity index (χ2v) is 9.23. The van der Waals surface area contributed by atoms with Gasteiger partial charge in [0, 0.05) is 0 Å². The zero-order valence-corrected chi connectivity index (χ0v) is 15.6. The summed E-state index contributed by atoms with van der Waals surface area (Å²) in [5, 5.41) is 29.4. The molecule has 2 rings (SSSR count). The molecule has 5 atom stereocenters. The molecule has 0 spiro atoms. The molecule has 0 aromatic rings. The van der Waals surface area contributed by atoms with Crippen molar-refractivity contribution in [3.8, 4) is 0 Å². The highest BCUT2D eigenvalue weighted by Gasteiger charge is 2.51. The number of fused-ring (bicyclic) bond motifs is 1. The minimum Gasteiger partial charge on any atom is -0.394 e. The van der Waals surface area contributed by atoms with E-state index in [4.69, 9.17) is 5.11 Å². The van der Waals surface area contributed by atoms with Crippen molar-refractivity contribution < 1.29 is 15.3 Å². The van der Waals surface area contributed by atoms with Crippen molar-refractivity contribution in [2.45, 2.75) is 84.8 Å². The number of aliphatic hydroxyl groups excluding tert-OH is 2. The topological polar surface area (TPSA) is 60.7 Å². The third-order valence-electron chi connectivity index (χ3n) is 7.13. The van der Waals surface area contributed by atoms with Crippen molar-refractivity contribution in [2.75, 3.05) is 6.61 Å². The highest BCUT2D eigenvalue weighted by Crippen LogP contribution is 2.60. The van der Waals surface area contributed by atoms with Crippen LogP contribution in [0.15, 0.2) is 11.6 Å². The summed E-state index contributed by atoms with van der Waals surface area (Å²) in [7, 11) is 0. The molecule has 23 heavy (non-hydrogen) atoms. The molecule has 5 unspecified atom stereocenters. The van der Waals surface area contributed by atoms with Crippen LogP contribution in [0.25, 0.3) is 0 Å². The monoisotopic (exact) mass is 324 g/mol. The van der Waals surface area contributed by atoms with Gasteiger partial charge in [-0.3, -0.25) is 0 Å². The number of hydrogen-bond donors (Lipinski definition) is 3. The van der Waals surface area contributed by atoms with Crippen LogP contribution in [0, 0.1) is 22.7 Å². The van der Waals surface area contributed by atoms with Crippen LogP contribution >= 0.6 is 0 Å². The SMILES string of the molecule is CC1=CCC2C(C)(C)CCCC2(C)C1CCC(C)(O)C(O)CO. The van der Waals surface area contributed by atoms with E-state index >= 15 is 0 Å². The Labute approximate surface area is 141 Å². The quantitative estimate of drug-likeness (QED) is 0.676.